The third-order valence-electron chi connectivity index (χ3n) is 2.29. The van der Waals surface area contributed by atoms with Gasteiger partial charge in [0.15, 0.2) is 4.77 Å². The van der Waals surface area contributed by atoms with E-state index in [0.29, 0.717) is 5.92 Å². The van der Waals surface area contributed by atoms with Crippen LogP contribution in [0.1, 0.15) is 13.8 Å². The second-order valence-electron chi connectivity index (χ2n) is 4.07. The molecular weight excluding hydrogens is 228 g/mol. The normalized spacial score (nSPS) is 11.5. The molecule has 0 saturated heterocycles. The summed E-state index contributed by atoms with van der Waals surface area (Å²) < 4.78 is 2.81. The van der Waals surface area contributed by atoms with Crippen LogP contribution in [0.2, 0.25) is 5.02 Å². The van der Waals surface area contributed by atoms with E-state index in [1.165, 1.54) is 0 Å². The highest BCUT2D eigenvalue weighted by Crippen LogP contribution is 2.23. The zero-order valence-corrected chi connectivity index (χ0v) is 10.3. The van der Waals surface area contributed by atoms with E-state index in [1.54, 1.807) is 0 Å². The molecule has 15 heavy (non-hydrogen) atoms. The number of H-pyrrole nitrogens is 1. The molecule has 1 aromatic carbocycles. The van der Waals surface area contributed by atoms with Crippen LogP contribution in [0.5, 0.6) is 0 Å². The first kappa shape index (κ1) is 10.7. The maximum absolute atomic E-state index is 6.17. The largest absolute Gasteiger partial charge is 0.331 e. The molecule has 0 atom stereocenters. The fourth-order valence-corrected chi connectivity index (χ4v) is 2.27. The number of hydrogen-bond acceptors (Lipinski definition) is 1. The minimum atomic E-state index is 0.548. The molecule has 0 aliphatic heterocycles. The van der Waals surface area contributed by atoms with E-state index in [-0.39, 0.29) is 0 Å². The number of rotatable bonds is 2. The lowest BCUT2D eigenvalue weighted by Gasteiger charge is -2.08. The molecule has 1 N–H and O–H groups in total. The molecule has 1 aromatic heterocycles. The standard InChI is InChI=1S/C11H13ClN2S/c1-7(2)6-14-10-8(12)4-3-5-9(10)13-11(14)15/h3-5,7H,6H2,1-2H3,(H,13,15). The molecule has 0 spiro atoms. The molecule has 80 valence electrons. The van der Waals surface area contributed by atoms with Crippen molar-refractivity contribution in [2.45, 2.75) is 20.4 Å². The number of para-hydroxylation sites is 1. The third kappa shape index (κ3) is 1.94. The Morgan fingerprint density at radius 2 is 2.20 bits per heavy atom. The number of aromatic nitrogens is 2. The van der Waals surface area contributed by atoms with Crippen molar-refractivity contribution < 1.29 is 0 Å². The molecule has 0 radical (unpaired) electrons. The average molecular weight is 241 g/mol. The van der Waals surface area contributed by atoms with Crippen LogP contribution < -0.4 is 0 Å². The lowest BCUT2D eigenvalue weighted by atomic mass is 10.2. The van der Waals surface area contributed by atoms with E-state index in [9.17, 15) is 0 Å². The van der Waals surface area contributed by atoms with Gasteiger partial charge in [-0.2, -0.15) is 0 Å². The summed E-state index contributed by atoms with van der Waals surface area (Å²) in [5.74, 6) is 0.548. The fraction of sp³-hybridized carbons (Fsp3) is 0.364. The third-order valence-corrected chi connectivity index (χ3v) is 2.92. The van der Waals surface area contributed by atoms with E-state index in [4.69, 9.17) is 23.8 Å². The molecule has 0 aliphatic carbocycles. The SMILES string of the molecule is CC(C)Cn1c(=S)[nH]c2cccc(Cl)c21. The Hall–Kier alpha value is -0.800. The minimum absolute atomic E-state index is 0.548. The van der Waals surface area contributed by atoms with E-state index >= 15 is 0 Å². The summed E-state index contributed by atoms with van der Waals surface area (Å²) in [5, 5.41) is 0.750. The lowest BCUT2D eigenvalue weighted by Crippen LogP contribution is -2.04. The first-order valence-electron chi connectivity index (χ1n) is 4.96. The van der Waals surface area contributed by atoms with Gasteiger partial charge in [0.1, 0.15) is 0 Å². The number of nitrogens with one attached hydrogen (secondary N) is 1. The highest BCUT2D eigenvalue weighted by molar-refractivity contribution is 7.71. The molecule has 2 aromatic rings. The molecule has 0 unspecified atom stereocenters. The summed E-state index contributed by atoms with van der Waals surface area (Å²) in [6, 6.07) is 5.81. The molecule has 1 heterocycles. The summed E-state index contributed by atoms with van der Waals surface area (Å²) in [7, 11) is 0. The first-order chi connectivity index (χ1) is 7.09. The van der Waals surface area contributed by atoms with E-state index in [1.807, 2.05) is 18.2 Å². The highest BCUT2D eigenvalue weighted by Gasteiger charge is 2.08. The molecule has 0 aliphatic rings. The van der Waals surface area contributed by atoms with Gasteiger partial charge in [-0.3, -0.25) is 0 Å². The van der Waals surface area contributed by atoms with Gasteiger partial charge in [-0.05, 0) is 30.3 Å². The summed E-state index contributed by atoms with van der Waals surface area (Å²) in [6.45, 7) is 5.22. The quantitative estimate of drug-likeness (QED) is 0.787. The second kappa shape index (κ2) is 3.99. The van der Waals surface area contributed by atoms with Crippen LogP contribution in [0.4, 0.5) is 0 Å². The number of hydrogen-bond donors (Lipinski definition) is 1. The molecular formula is C11H13ClN2S. The van der Waals surface area contributed by atoms with Crippen LogP contribution in [0, 0.1) is 10.7 Å². The summed E-state index contributed by atoms with van der Waals surface area (Å²) in [5.41, 5.74) is 2.02. The van der Waals surface area contributed by atoms with Crippen molar-refractivity contribution in [3.63, 3.8) is 0 Å². The van der Waals surface area contributed by atoms with Crippen LogP contribution >= 0.6 is 23.8 Å². The molecule has 0 amide bonds. The van der Waals surface area contributed by atoms with Gasteiger partial charge in [-0.15, -0.1) is 0 Å². The second-order valence-corrected chi connectivity index (χ2v) is 4.86. The fourth-order valence-electron chi connectivity index (χ4n) is 1.71. The van der Waals surface area contributed by atoms with E-state index in [2.05, 4.69) is 23.4 Å². The van der Waals surface area contributed by atoms with Crippen LogP contribution in [0.15, 0.2) is 18.2 Å². The molecule has 2 rings (SSSR count). The maximum Gasteiger partial charge on any atom is 0.178 e. The monoisotopic (exact) mass is 240 g/mol. The predicted molar refractivity (Wildman–Crippen MR) is 67.0 cm³/mol. The van der Waals surface area contributed by atoms with Gasteiger partial charge < -0.3 is 9.55 Å². The molecule has 2 nitrogen and oxygen atoms in total. The van der Waals surface area contributed by atoms with Crippen LogP contribution in [-0.4, -0.2) is 9.55 Å². The van der Waals surface area contributed by atoms with Gasteiger partial charge >= 0.3 is 0 Å². The predicted octanol–water partition coefficient (Wildman–Crippen LogP) is 4.01. The number of benzene rings is 1. The lowest BCUT2D eigenvalue weighted by molar-refractivity contribution is 0.529. The maximum atomic E-state index is 6.17. The number of halogens is 1. The highest BCUT2D eigenvalue weighted by atomic mass is 35.5. The van der Waals surface area contributed by atoms with Crippen molar-refractivity contribution in [2.24, 2.45) is 5.92 Å². The first-order valence-corrected chi connectivity index (χ1v) is 5.75. The molecule has 0 fully saturated rings. The van der Waals surface area contributed by atoms with Crippen LogP contribution in [0.25, 0.3) is 11.0 Å². The molecule has 0 bridgehead atoms. The van der Waals surface area contributed by atoms with E-state index < -0.39 is 0 Å². The van der Waals surface area contributed by atoms with Gasteiger partial charge in [0, 0.05) is 6.54 Å². The van der Waals surface area contributed by atoms with Crippen molar-refractivity contribution in [1.82, 2.24) is 9.55 Å². The van der Waals surface area contributed by atoms with Crippen molar-refractivity contribution >= 4 is 34.9 Å². The van der Waals surface area contributed by atoms with Gasteiger partial charge in [-0.25, -0.2) is 0 Å². The van der Waals surface area contributed by atoms with Gasteiger partial charge in [0.05, 0.1) is 16.1 Å². The van der Waals surface area contributed by atoms with Gasteiger partial charge in [0.25, 0.3) is 0 Å². The van der Waals surface area contributed by atoms with Crippen molar-refractivity contribution in [1.29, 1.82) is 0 Å². The smallest absolute Gasteiger partial charge is 0.178 e. The Morgan fingerprint density at radius 3 is 2.87 bits per heavy atom. The van der Waals surface area contributed by atoms with Crippen molar-refractivity contribution in [3.05, 3.63) is 28.0 Å². The Labute approximate surface area is 98.9 Å². The summed E-state index contributed by atoms with van der Waals surface area (Å²) >= 11 is 11.5. The minimum Gasteiger partial charge on any atom is -0.331 e. The summed E-state index contributed by atoms with van der Waals surface area (Å²) in [6.07, 6.45) is 0. The number of nitrogens with zero attached hydrogens (tertiary/aromatic N) is 1. The average Bonchev–Trinajstić information content (AvgIpc) is 2.43. The Kier molecular flexibility index (Phi) is 2.85. The molecule has 0 saturated carbocycles. The van der Waals surface area contributed by atoms with E-state index in [0.717, 1.165) is 27.4 Å². The topological polar surface area (TPSA) is 20.7 Å². The Morgan fingerprint density at radius 1 is 1.47 bits per heavy atom. The Balaban J connectivity index is 2.71. The zero-order chi connectivity index (χ0) is 11.0. The number of fused-ring (bicyclic) bond motifs is 1. The zero-order valence-electron chi connectivity index (χ0n) is 8.75. The summed E-state index contributed by atoms with van der Waals surface area (Å²) in [4.78, 5) is 3.17. The number of aromatic amines is 1. The number of imidazole rings is 1. The molecule has 4 heteroatoms. The van der Waals surface area contributed by atoms with Crippen LogP contribution in [0.3, 0.4) is 0 Å². The van der Waals surface area contributed by atoms with Gasteiger partial charge in [-0.1, -0.05) is 31.5 Å². The van der Waals surface area contributed by atoms with Gasteiger partial charge in [0.2, 0.25) is 0 Å². The Bertz CT molecular complexity index is 539. The van der Waals surface area contributed by atoms with Crippen molar-refractivity contribution in [2.75, 3.05) is 0 Å². The van der Waals surface area contributed by atoms with Crippen molar-refractivity contribution in [3.8, 4) is 0 Å². The van der Waals surface area contributed by atoms with Crippen LogP contribution in [-0.2, 0) is 6.54 Å².